The van der Waals surface area contributed by atoms with Crippen molar-refractivity contribution in [3.05, 3.63) is 46.6 Å². The second-order valence-electron chi connectivity index (χ2n) is 6.28. The maximum Gasteiger partial charge on any atom is 0.190 e. The minimum atomic E-state index is -0.962. The third-order valence-electron chi connectivity index (χ3n) is 5.39. The van der Waals surface area contributed by atoms with Gasteiger partial charge in [-0.3, -0.25) is 9.59 Å². The van der Waals surface area contributed by atoms with Crippen molar-refractivity contribution in [1.29, 1.82) is 0 Å². The van der Waals surface area contributed by atoms with Gasteiger partial charge in [0.05, 0.1) is 11.1 Å². The van der Waals surface area contributed by atoms with Crippen LogP contribution >= 0.6 is 0 Å². The summed E-state index contributed by atoms with van der Waals surface area (Å²) in [6.45, 7) is 0. The number of ketones is 2. The van der Waals surface area contributed by atoms with Crippen LogP contribution in [0.15, 0.2) is 24.3 Å². The number of methoxy groups -OCH3 is 2. The van der Waals surface area contributed by atoms with E-state index in [1.807, 2.05) is 0 Å². The molecule has 1 aromatic rings. The van der Waals surface area contributed by atoms with Crippen LogP contribution in [0.25, 0.3) is 0 Å². The first-order chi connectivity index (χ1) is 11.4. The number of fused-ring (bicyclic) bond motifs is 2. The largest absolute Gasteiger partial charge is 0.507 e. The van der Waals surface area contributed by atoms with Gasteiger partial charge in [-0.1, -0.05) is 0 Å². The Kier molecular flexibility index (Phi) is 2.87. The minimum Gasteiger partial charge on any atom is -0.507 e. The lowest BCUT2D eigenvalue weighted by Crippen LogP contribution is -2.46. The number of rotatable bonds is 2. The topological polar surface area (TPSA) is 93.1 Å². The number of phenols is 2. The number of benzene rings is 1. The molecule has 1 aromatic carbocycles. The Morgan fingerprint density at radius 3 is 1.50 bits per heavy atom. The van der Waals surface area contributed by atoms with Crippen LogP contribution in [0.5, 0.6) is 11.5 Å². The van der Waals surface area contributed by atoms with Gasteiger partial charge in [0.1, 0.15) is 22.7 Å². The molecule has 0 aliphatic heterocycles. The van der Waals surface area contributed by atoms with Gasteiger partial charge in [0, 0.05) is 25.3 Å². The fourth-order valence-electron chi connectivity index (χ4n) is 4.11. The van der Waals surface area contributed by atoms with E-state index in [1.54, 1.807) is 12.2 Å². The van der Waals surface area contributed by atoms with Gasteiger partial charge in [0.15, 0.2) is 11.6 Å². The molecule has 0 amide bonds. The second-order valence-corrected chi connectivity index (χ2v) is 6.28. The number of carbonyl (C=O) groups is 2. The Morgan fingerprint density at radius 1 is 0.833 bits per heavy atom. The molecule has 0 radical (unpaired) electrons. The lowest BCUT2D eigenvalue weighted by Gasteiger charge is -2.49. The third-order valence-corrected chi connectivity index (χ3v) is 5.39. The average molecular weight is 328 g/mol. The summed E-state index contributed by atoms with van der Waals surface area (Å²) < 4.78 is 11.3. The molecule has 2 atom stereocenters. The summed E-state index contributed by atoms with van der Waals surface area (Å²) in [5.41, 5.74) is -1.68. The molecule has 0 spiro atoms. The molecule has 2 unspecified atom stereocenters. The maximum absolute atomic E-state index is 12.2. The molecule has 0 aromatic heterocycles. The smallest absolute Gasteiger partial charge is 0.190 e. The Labute approximate surface area is 138 Å². The van der Waals surface area contributed by atoms with E-state index in [2.05, 4.69) is 0 Å². The first-order valence-electron chi connectivity index (χ1n) is 7.61. The Balaban J connectivity index is 2.18. The molecular weight excluding hydrogens is 312 g/mol. The molecular formula is C18H16O6. The van der Waals surface area contributed by atoms with Gasteiger partial charge in [-0.2, -0.15) is 0 Å². The van der Waals surface area contributed by atoms with Crippen molar-refractivity contribution in [2.75, 3.05) is 14.2 Å². The summed E-state index contributed by atoms with van der Waals surface area (Å²) >= 11 is 0. The molecule has 0 saturated heterocycles. The normalized spacial score (nSPS) is 29.8. The minimum absolute atomic E-state index is 0.178. The lowest BCUT2D eigenvalue weighted by atomic mass is 9.63. The highest BCUT2D eigenvalue weighted by Gasteiger charge is 2.54. The van der Waals surface area contributed by atoms with Crippen LogP contribution < -0.4 is 0 Å². The first kappa shape index (κ1) is 15.1. The Bertz CT molecular complexity index is 796. The number of allylic oxidation sites excluding steroid dienone is 2. The molecule has 0 fully saturated rings. The summed E-state index contributed by atoms with van der Waals surface area (Å²) in [5, 5.41) is 21.7. The fraction of sp³-hybridized carbons (Fsp3) is 0.333. The zero-order chi connectivity index (χ0) is 17.3. The van der Waals surface area contributed by atoms with E-state index < -0.39 is 22.8 Å². The van der Waals surface area contributed by atoms with Crippen molar-refractivity contribution in [2.24, 2.45) is 0 Å². The first-order valence-corrected chi connectivity index (χ1v) is 7.61. The van der Waals surface area contributed by atoms with E-state index in [-0.39, 0.29) is 22.6 Å². The van der Waals surface area contributed by atoms with Gasteiger partial charge < -0.3 is 19.7 Å². The van der Waals surface area contributed by atoms with Crippen LogP contribution in [0.2, 0.25) is 0 Å². The van der Waals surface area contributed by atoms with Crippen molar-refractivity contribution in [3.8, 4) is 11.5 Å². The van der Waals surface area contributed by atoms with Crippen LogP contribution in [-0.4, -0.2) is 36.0 Å². The highest BCUT2D eigenvalue weighted by molar-refractivity contribution is 6.24. The zero-order valence-corrected chi connectivity index (χ0v) is 13.3. The molecule has 4 aliphatic carbocycles. The van der Waals surface area contributed by atoms with Gasteiger partial charge in [-0.05, 0) is 37.1 Å². The van der Waals surface area contributed by atoms with Gasteiger partial charge in [-0.25, -0.2) is 0 Å². The molecule has 5 rings (SSSR count). The van der Waals surface area contributed by atoms with Gasteiger partial charge in [-0.15, -0.1) is 0 Å². The van der Waals surface area contributed by atoms with Crippen LogP contribution in [0.1, 0.15) is 44.7 Å². The standard InChI is InChI=1S/C18H16O6/c1-23-17-5-7-18(24-2,8-6-17)14-13(17)15(21)11-9(19)3-4-10(20)12(11)16(14)22/h3-5,7,21-22H,6,8H2,1-2H3. The lowest BCUT2D eigenvalue weighted by molar-refractivity contribution is -0.0650. The predicted octanol–water partition coefficient (Wildman–Crippen LogP) is 2.08. The van der Waals surface area contributed by atoms with Gasteiger partial charge in [0.25, 0.3) is 0 Å². The number of carbonyl (C=O) groups excluding carboxylic acids is 2. The number of phenolic OH excluding ortho intramolecular Hbond substituents is 2. The molecule has 4 aliphatic rings. The Morgan fingerprint density at radius 2 is 1.21 bits per heavy atom. The number of hydrogen-bond donors (Lipinski definition) is 2. The summed E-state index contributed by atoms with van der Waals surface area (Å²) in [7, 11) is 3.00. The van der Waals surface area contributed by atoms with E-state index in [4.69, 9.17) is 9.47 Å². The quantitative estimate of drug-likeness (QED) is 0.638. The van der Waals surface area contributed by atoms with E-state index >= 15 is 0 Å². The molecule has 6 heteroatoms. The molecule has 2 bridgehead atoms. The SMILES string of the molecule is COC12C=CC(OC)(CC1)c1c(O)c3c(c(O)c12)C(=O)C=CC3=O. The van der Waals surface area contributed by atoms with Crippen molar-refractivity contribution in [1.82, 2.24) is 0 Å². The van der Waals surface area contributed by atoms with E-state index in [0.29, 0.717) is 24.0 Å². The van der Waals surface area contributed by atoms with Gasteiger partial charge in [0.2, 0.25) is 0 Å². The molecule has 0 heterocycles. The van der Waals surface area contributed by atoms with Crippen LogP contribution in [0.3, 0.4) is 0 Å². The predicted molar refractivity (Wildman–Crippen MR) is 83.3 cm³/mol. The van der Waals surface area contributed by atoms with Crippen molar-refractivity contribution in [2.45, 2.75) is 24.0 Å². The highest BCUT2D eigenvalue weighted by atomic mass is 16.5. The number of hydrogen-bond acceptors (Lipinski definition) is 6. The van der Waals surface area contributed by atoms with E-state index in [1.165, 1.54) is 14.2 Å². The zero-order valence-electron chi connectivity index (χ0n) is 13.3. The molecule has 124 valence electrons. The third kappa shape index (κ3) is 1.52. The summed E-state index contributed by atoms with van der Waals surface area (Å²) in [5.74, 6) is -1.70. The molecule has 2 N–H and O–H groups in total. The number of ether oxygens (including phenoxy) is 2. The maximum atomic E-state index is 12.2. The summed E-state index contributed by atoms with van der Waals surface area (Å²) in [6.07, 6.45) is 6.78. The molecule has 24 heavy (non-hydrogen) atoms. The fourth-order valence-corrected chi connectivity index (χ4v) is 4.11. The van der Waals surface area contributed by atoms with Gasteiger partial charge >= 0.3 is 0 Å². The highest BCUT2D eigenvalue weighted by Crippen LogP contribution is 2.60. The van der Waals surface area contributed by atoms with Crippen LogP contribution in [0, 0.1) is 0 Å². The van der Waals surface area contributed by atoms with E-state index in [0.717, 1.165) is 12.2 Å². The summed E-state index contributed by atoms with van der Waals surface area (Å²) in [4.78, 5) is 24.5. The number of aromatic hydroxyl groups is 2. The monoisotopic (exact) mass is 328 g/mol. The molecule has 6 nitrogen and oxygen atoms in total. The summed E-state index contributed by atoms with van der Waals surface area (Å²) in [6, 6.07) is 0. The average Bonchev–Trinajstić information content (AvgIpc) is 2.61. The Hall–Kier alpha value is -2.44. The van der Waals surface area contributed by atoms with Crippen molar-refractivity contribution < 1.29 is 29.3 Å². The van der Waals surface area contributed by atoms with Crippen molar-refractivity contribution in [3.63, 3.8) is 0 Å². The second kappa shape index (κ2) is 4.55. The van der Waals surface area contributed by atoms with E-state index in [9.17, 15) is 19.8 Å². The molecule has 0 saturated carbocycles. The van der Waals surface area contributed by atoms with Crippen LogP contribution in [0.4, 0.5) is 0 Å². The van der Waals surface area contributed by atoms with Crippen molar-refractivity contribution >= 4 is 11.6 Å². The van der Waals surface area contributed by atoms with Crippen LogP contribution in [-0.2, 0) is 20.7 Å².